The molecule has 1 aromatic heterocycles. The van der Waals surface area contributed by atoms with E-state index >= 15 is 0 Å². The van der Waals surface area contributed by atoms with Crippen LogP contribution < -0.4 is 5.32 Å². The lowest BCUT2D eigenvalue weighted by Crippen LogP contribution is -2.14. The third-order valence-electron chi connectivity index (χ3n) is 2.29. The molecule has 8 heteroatoms. The maximum Gasteiger partial charge on any atom is 0.416 e. The third kappa shape index (κ3) is 3.14. The lowest BCUT2D eigenvalue weighted by Gasteiger charge is -2.11. The molecule has 2 aromatic rings. The van der Waals surface area contributed by atoms with Crippen LogP contribution in [-0.2, 0) is 6.18 Å². The molecule has 0 fully saturated rings. The zero-order valence-corrected chi connectivity index (χ0v) is 10.8. The highest BCUT2D eigenvalue weighted by Crippen LogP contribution is 2.34. The number of anilines is 1. The summed E-state index contributed by atoms with van der Waals surface area (Å²) in [6.45, 7) is 0. The van der Waals surface area contributed by atoms with Crippen molar-refractivity contribution in [2.45, 2.75) is 6.18 Å². The minimum absolute atomic E-state index is 0.0365. The Bertz CT molecular complexity index is 596. The number of benzene rings is 1. The number of hydrogen-bond donors (Lipinski definition) is 2. The summed E-state index contributed by atoms with van der Waals surface area (Å²) < 4.78 is 38.1. The van der Waals surface area contributed by atoms with Crippen LogP contribution >= 0.6 is 15.9 Å². The normalized spacial score (nSPS) is 11.4. The quantitative estimate of drug-likeness (QED) is 0.884. The second kappa shape index (κ2) is 5.04. The van der Waals surface area contributed by atoms with Crippen LogP contribution in [0.25, 0.3) is 0 Å². The maximum atomic E-state index is 12.6. The molecule has 19 heavy (non-hydrogen) atoms. The van der Waals surface area contributed by atoms with Crippen LogP contribution in [0, 0.1) is 0 Å². The predicted molar refractivity (Wildman–Crippen MR) is 65.7 cm³/mol. The Hall–Kier alpha value is -1.83. The first-order chi connectivity index (χ1) is 8.88. The van der Waals surface area contributed by atoms with E-state index in [1.54, 1.807) is 0 Å². The lowest BCUT2D eigenvalue weighted by molar-refractivity contribution is -0.137. The number of amides is 1. The number of aromatic nitrogens is 2. The van der Waals surface area contributed by atoms with Gasteiger partial charge in [-0.1, -0.05) is 0 Å². The molecule has 2 N–H and O–H groups in total. The molecular weight excluding hydrogens is 327 g/mol. The summed E-state index contributed by atoms with van der Waals surface area (Å²) in [6.07, 6.45) is -3.09. The van der Waals surface area contributed by atoms with Gasteiger partial charge in [-0.2, -0.15) is 18.3 Å². The first-order valence-electron chi connectivity index (χ1n) is 5.05. The summed E-state index contributed by atoms with van der Waals surface area (Å²) in [7, 11) is 0. The van der Waals surface area contributed by atoms with Gasteiger partial charge >= 0.3 is 6.18 Å². The van der Waals surface area contributed by atoms with Gasteiger partial charge in [-0.25, -0.2) is 0 Å². The second-order valence-electron chi connectivity index (χ2n) is 3.62. The summed E-state index contributed by atoms with van der Waals surface area (Å²) in [5, 5.41) is 8.38. The van der Waals surface area contributed by atoms with Gasteiger partial charge in [0.1, 0.15) is 5.69 Å². The number of nitrogens with zero attached hydrogens (tertiary/aromatic N) is 1. The number of rotatable bonds is 2. The van der Waals surface area contributed by atoms with Crippen molar-refractivity contribution in [1.82, 2.24) is 10.2 Å². The van der Waals surface area contributed by atoms with Gasteiger partial charge in [-0.3, -0.25) is 9.89 Å². The molecule has 0 saturated carbocycles. The Labute approximate surface area is 114 Å². The summed E-state index contributed by atoms with van der Waals surface area (Å²) >= 11 is 3.08. The van der Waals surface area contributed by atoms with Crippen LogP contribution in [0.2, 0.25) is 0 Å². The number of halogens is 4. The molecule has 0 aliphatic heterocycles. The van der Waals surface area contributed by atoms with Gasteiger partial charge in [0.2, 0.25) is 0 Å². The average Bonchev–Trinajstić information content (AvgIpc) is 2.84. The van der Waals surface area contributed by atoms with Crippen molar-refractivity contribution in [3.05, 3.63) is 46.2 Å². The fourth-order valence-corrected chi connectivity index (χ4v) is 1.72. The SMILES string of the molecule is O=C(Nc1cc(C(F)(F)F)ccc1Br)c1ccn[nH]1. The van der Waals surface area contributed by atoms with Crippen molar-refractivity contribution in [3.8, 4) is 0 Å². The Morgan fingerprint density at radius 1 is 1.32 bits per heavy atom. The molecule has 1 aromatic carbocycles. The van der Waals surface area contributed by atoms with E-state index in [1.165, 1.54) is 18.3 Å². The van der Waals surface area contributed by atoms with Gasteiger partial charge in [0.25, 0.3) is 5.91 Å². The largest absolute Gasteiger partial charge is 0.416 e. The van der Waals surface area contributed by atoms with E-state index < -0.39 is 17.6 Å². The van der Waals surface area contributed by atoms with Crippen LogP contribution in [0.1, 0.15) is 16.1 Å². The standard InChI is InChI=1S/C11H7BrF3N3O/c12-7-2-1-6(11(13,14)15)5-9(7)17-10(19)8-3-4-16-18-8/h1-5H,(H,16,18)(H,17,19). The minimum Gasteiger partial charge on any atom is -0.320 e. The van der Waals surface area contributed by atoms with E-state index in [1.807, 2.05) is 0 Å². The molecule has 0 unspecified atom stereocenters. The fraction of sp³-hybridized carbons (Fsp3) is 0.0909. The van der Waals surface area contributed by atoms with E-state index in [0.29, 0.717) is 4.47 Å². The summed E-state index contributed by atoms with van der Waals surface area (Å²) in [5.41, 5.74) is -0.644. The number of carbonyl (C=O) groups is 1. The number of hydrogen-bond acceptors (Lipinski definition) is 2. The van der Waals surface area contributed by atoms with Crippen molar-refractivity contribution in [3.63, 3.8) is 0 Å². The number of H-pyrrole nitrogens is 1. The molecular formula is C11H7BrF3N3O. The Kier molecular flexibility index (Phi) is 3.61. The maximum absolute atomic E-state index is 12.6. The minimum atomic E-state index is -4.46. The van der Waals surface area contributed by atoms with E-state index in [2.05, 4.69) is 31.4 Å². The predicted octanol–water partition coefficient (Wildman–Crippen LogP) is 3.44. The van der Waals surface area contributed by atoms with Crippen LogP contribution in [0.3, 0.4) is 0 Å². The molecule has 2 rings (SSSR count). The first-order valence-corrected chi connectivity index (χ1v) is 5.84. The van der Waals surface area contributed by atoms with Gasteiger partial charge < -0.3 is 5.32 Å². The monoisotopic (exact) mass is 333 g/mol. The molecule has 0 aliphatic carbocycles. The fourth-order valence-electron chi connectivity index (χ4n) is 1.37. The zero-order chi connectivity index (χ0) is 14.0. The second-order valence-corrected chi connectivity index (χ2v) is 4.47. The molecule has 0 bridgehead atoms. The number of carbonyl (C=O) groups excluding carboxylic acids is 1. The highest BCUT2D eigenvalue weighted by Gasteiger charge is 2.31. The van der Waals surface area contributed by atoms with E-state index in [9.17, 15) is 18.0 Å². The first kappa shape index (κ1) is 13.6. The summed E-state index contributed by atoms with van der Waals surface area (Å²) in [4.78, 5) is 11.7. The molecule has 1 amide bonds. The Morgan fingerprint density at radius 2 is 2.05 bits per heavy atom. The van der Waals surface area contributed by atoms with Gasteiger partial charge in [-0.05, 0) is 40.2 Å². The molecule has 0 saturated heterocycles. The zero-order valence-electron chi connectivity index (χ0n) is 9.25. The molecule has 0 spiro atoms. The average molecular weight is 334 g/mol. The number of aromatic amines is 1. The summed E-state index contributed by atoms with van der Waals surface area (Å²) in [6, 6.07) is 4.43. The van der Waals surface area contributed by atoms with Crippen molar-refractivity contribution in [2.75, 3.05) is 5.32 Å². The summed E-state index contributed by atoms with van der Waals surface area (Å²) in [5.74, 6) is -0.572. The molecule has 1 heterocycles. The van der Waals surface area contributed by atoms with Crippen LogP contribution in [0.15, 0.2) is 34.9 Å². The number of nitrogens with one attached hydrogen (secondary N) is 2. The van der Waals surface area contributed by atoms with Gasteiger partial charge in [0.15, 0.2) is 0 Å². The van der Waals surface area contributed by atoms with E-state index in [0.717, 1.165) is 12.1 Å². The highest BCUT2D eigenvalue weighted by molar-refractivity contribution is 9.10. The third-order valence-corrected chi connectivity index (χ3v) is 2.98. The van der Waals surface area contributed by atoms with E-state index in [4.69, 9.17) is 0 Å². The molecule has 4 nitrogen and oxygen atoms in total. The highest BCUT2D eigenvalue weighted by atomic mass is 79.9. The van der Waals surface area contributed by atoms with Gasteiger partial charge in [0.05, 0.1) is 11.3 Å². The van der Waals surface area contributed by atoms with Crippen molar-refractivity contribution < 1.29 is 18.0 Å². The molecule has 0 radical (unpaired) electrons. The lowest BCUT2D eigenvalue weighted by atomic mass is 10.2. The van der Waals surface area contributed by atoms with Crippen molar-refractivity contribution in [1.29, 1.82) is 0 Å². The smallest absolute Gasteiger partial charge is 0.320 e. The van der Waals surface area contributed by atoms with Crippen LogP contribution in [0.5, 0.6) is 0 Å². The van der Waals surface area contributed by atoms with Crippen LogP contribution in [-0.4, -0.2) is 16.1 Å². The molecule has 100 valence electrons. The Morgan fingerprint density at radius 3 is 2.63 bits per heavy atom. The van der Waals surface area contributed by atoms with Gasteiger partial charge in [-0.15, -0.1) is 0 Å². The van der Waals surface area contributed by atoms with Gasteiger partial charge in [0, 0.05) is 10.7 Å². The number of alkyl halides is 3. The van der Waals surface area contributed by atoms with Crippen LogP contribution in [0.4, 0.5) is 18.9 Å². The van der Waals surface area contributed by atoms with E-state index in [-0.39, 0.29) is 11.4 Å². The van der Waals surface area contributed by atoms with Crippen molar-refractivity contribution in [2.24, 2.45) is 0 Å². The molecule has 0 aliphatic rings. The molecule has 0 atom stereocenters. The van der Waals surface area contributed by atoms with Crippen molar-refractivity contribution >= 4 is 27.5 Å². The topological polar surface area (TPSA) is 57.8 Å². The Balaban J connectivity index is 2.27.